The molecule has 0 aliphatic heterocycles. The molecule has 1 amide bonds. The van der Waals surface area contributed by atoms with Crippen molar-refractivity contribution in [3.05, 3.63) is 77.8 Å². The van der Waals surface area contributed by atoms with Crippen LogP contribution in [-0.2, 0) is 0 Å². The molecule has 4 rings (SSSR count). The number of aryl methyl sites for hydroxylation is 2. The third-order valence-corrected chi connectivity index (χ3v) is 4.48. The number of carbonyl (C=O) groups is 1. The summed E-state index contributed by atoms with van der Waals surface area (Å²) in [6, 6.07) is 18.2. The summed E-state index contributed by atoms with van der Waals surface area (Å²) >= 11 is 0. The molecule has 0 aliphatic carbocycles. The van der Waals surface area contributed by atoms with Gasteiger partial charge in [0, 0.05) is 34.9 Å². The molecule has 0 saturated heterocycles. The van der Waals surface area contributed by atoms with Crippen molar-refractivity contribution < 1.29 is 14.1 Å². The van der Waals surface area contributed by atoms with E-state index in [0.717, 1.165) is 22.8 Å². The first-order valence-electron chi connectivity index (χ1n) is 9.87. The molecular weight excluding hydrogens is 408 g/mol. The van der Waals surface area contributed by atoms with Crippen molar-refractivity contribution in [3.63, 3.8) is 0 Å². The maximum atomic E-state index is 12.2. The number of benzene rings is 2. The number of carbonyl (C=O) groups excluding carboxylic acids is 1. The molecule has 0 spiro atoms. The smallest absolute Gasteiger partial charge is 0.277 e. The van der Waals surface area contributed by atoms with E-state index in [9.17, 15) is 4.79 Å². The van der Waals surface area contributed by atoms with Gasteiger partial charge >= 0.3 is 0 Å². The van der Waals surface area contributed by atoms with E-state index in [1.165, 1.54) is 0 Å². The summed E-state index contributed by atoms with van der Waals surface area (Å²) < 4.78 is 10.1. The minimum atomic E-state index is -0.334. The van der Waals surface area contributed by atoms with E-state index < -0.39 is 0 Å². The number of nitrogens with zero attached hydrogens (tertiary/aromatic N) is 3. The predicted octanol–water partition coefficient (Wildman–Crippen LogP) is 4.83. The molecule has 0 atom stereocenters. The van der Waals surface area contributed by atoms with Gasteiger partial charge in [-0.05, 0) is 62.4 Å². The Kier molecular flexibility index (Phi) is 5.98. The molecule has 0 radical (unpaired) electrons. The Bertz CT molecular complexity index is 1220. The van der Waals surface area contributed by atoms with Gasteiger partial charge in [0.05, 0.1) is 7.11 Å². The highest BCUT2D eigenvalue weighted by atomic mass is 16.5. The van der Waals surface area contributed by atoms with Crippen molar-refractivity contribution >= 4 is 34.7 Å². The number of rotatable bonds is 7. The summed E-state index contributed by atoms with van der Waals surface area (Å²) in [5, 5.41) is 12.9. The highest BCUT2D eigenvalue weighted by Gasteiger charge is 2.11. The van der Waals surface area contributed by atoms with Crippen molar-refractivity contribution in [2.24, 2.45) is 0 Å². The molecule has 0 bridgehead atoms. The van der Waals surface area contributed by atoms with E-state index >= 15 is 0 Å². The summed E-state index contributed by atoms with van der Waals surface area (Å²) in [5.74, 6) is 2.15. The molecule has 3 N–H and O–H groups in total. The van der Waals surface area contributed by atoms with Gasteiger partial charge in [-0.25, -0.2) is 4.98 Å². The fourth-order valence-corrected chi connectivity index (χ4v) is 2.95. The Morgan fingerprint density at radius 2 is 1.53 bits per heavy atom. The van der Waals surface area contributed by atoms with Gasteiger partial charge in [0.25, 0.3) is 5.91 Å². The number of hydrogen-bond donors (Lipinski definition) is 3. The normalized spacial score (nSPS) is 10.5. The van der Waals surface area contributed by atoms with Gasteiger partial charge in [-0.2, -0.15) is 4.98 Å². The lowest BCUT2D eigenvalue weighted by molar-refractivity contribution is 0.101. The number of hydrogen-bond acceptors (Lipinski definition) is 8. The Hall–Kier alpha value is -4.40. The summed E-state index contributed by atoms with van der Waals surface area (Å²) in [6.07, 6.45) is 0. The summed E-state index contributed by atoms with van der Waals surface area (Å²) in [5.41, 5.74) is 3.34. The maximum Gasteiger partial charge on any atom is 0.277 e. The Labute approximate surface area is 184 Å². The number of nitrogens with one attached hydrogen (secondary N) is 3. The van der Waals surface area contributed by atoms with Crippen LogP contribution in [0.1, 0.15) is 21.9 Å². The molecule has 9 heteroatoms. The molecule has 0 aliphatic rings. The number of methoxy groups -OCH3 is 1. The Morgan fingerprint density at radius 1 is 0.875 bits per heavy atom. The topological polar surface area (TPSA) is 114 Å². The summed E-state index contributed by atoms with van der Waals surface area (Å²) in [7, 11) is 1.63. The second-order valence-electron chi connectivity index (χ2n) is 7.05. The Morgan fingerprint density at radius 3 is 2.19 bits per heavy atom. The molecular formula is C23H22N6O3. The molecule has 2 aromatic heterocycles. The van der Waals surface area contributed by atoms with Gasteiger partial charge in [-0.3, -0.25) is 4.79 Å². The molecule has 0 saturated carbocycles. The Balaban J connectivity index is 1.42. The lowest BCUT2D eigenvalue weighted by Gasteiger charge is -2.11. The van der Waals surface area contributed by atoms with Crippen LogP contribution in [0.2, 0.25) is 0 Å². The first kappa shape index (κ1) is 20.9. The van der Waals surface area contributed by atoms with Crippen LogP contribution in [0.4, 0.5) is 28.8 Å². The third kappa shape index (κ3) is 5.20. The third-order valence-electron chi connectivity index (χ3n) is 4.48. The van der Waals surface area contributed by atoms with E-state index in [2.05, 4.69) is 31.1 Å². The zero-order chi connectivity index (χ0) is 22.5. The molecule has 0 unspecified atom stereocenters. The fourth-order valence-electron chi connectivity index (χ4n) is 2.95. The van der Waals surface area contributed by atoms with Gasteiger partial charge in [-0.1, -0.05) is 5.16 Å². The molecule has 4 aromatic rings. The van der Waals surface area contributed by atoms with Crippen LogP contribution < -0.4 is 20.7 Å². The number of anilines is 5. The maximum absolute atomic E-state index is 12.2. The minimum absolute atomic E-state index is 0.231. The van der Waals surface area contributed by atoms with Crippen LogP contribution >= 0.6 is 0 Å². The molecule has 9 nitrogen and oxygen atoms in total. The van der Waals surface area contributed by atoms with E-state index in [1.54, 1.807) is 32.2 Å². The first-order valence-corrected chi connectivity index (χ1v) is 9.87. The summed E-state index contributed by atoms with van der Waals surface area (Å²) in [4.78, 5) is 21.1. The van der Waals surface area contributed by atoms with Crippen LogP contribution in [0.3, 0.4) is 0 Å². The van der Waals surface area contributed by atoms with Crippen molar-refractivity contribution in [1.82, 2.24) is 15.1 Å². The SMILES string of the molecule is COc1ccc(Nc2cc(C)nc(Nc3ccc(NC(=O)c4cc(C)on4)cc3)n2)cc1. The second kappa shape index (κ2) is 9.17. The van der Waals surface area contributed by atoms with Crippen molar-refractivity contribution in [3.8, 4) is 5.75 Å². The van der Waals surface area contributed by atoms with Crippen LogP contribution in [-0.4, -0.2) is 28.1 Å². The highest BCUT2D eigenvalue weighted by Crippen LogP contribution is 2.22. The quantitative estimate of drug-likeness (QED) is 0.382. The van der Waals surface area contributed by atoms with Crippen LogP contribution in [0.5, 0.6) is 5.75 Å². The highest BCUT2D eigenvalue weighted by molar-refractivity contribution is 6.02. The standard InChI is InChI=1S/C23H22N6O3/c1-14-12-21(25-16-8-10-19(31-3)11-9-16)28-23(24-14)27-18-6-4-17(5-7-18)26-22(30)20-13-15(2)32-29-20/h4-13H,1-3H3,(H,26,30)(H2,24,25,27,28). The van der Waals surface area contributed by atoms with E-state index in [1.807, 2.05) is 49.4 Å². The molecule has 32 heavy (non-hydrogen) atoms. The molecule has 2 heterocycles. The average Bonchev–Trinajstić information content (AvgIpc) is 3.22. The van der Waals surface area contributed by atoms with Crippen LogP contribution in [0.25, 0.3) is 0 Å². The summed E-state index contributed by atoms with van der Waals surface area (Å²) in [6.45, 7) is 3.63. The number of amides is 1. The van der Waals surface area contributed by atoms with E-state index in [-0.39, 0.29) is 11.6 Å². The zero-order valence-electron chi connectivity index (χ0n) is 17.8. The van der Waals surface area contributed by atoms with Crippen molar-refractivity contribution in [1.29, 1.82) is 0 Å². The number of ether oxygens (including phenoxy) is 1. The van der Waals surface area contributed by atoms with Gasteiger partial charge in [0.1, 0.15) is 17.3 Å². The first-order chi connectivity index (χ1) is 15.5. The monoisotopic (exact) mass is 430 g/mol. The van der Waals surface area contributed by atoms with Crippen LogP contribution in [0, 0.1) is 13.8 Å². The average molecular weight is 430 g/mol. The minimum Gasteiger partial charge on any atom is -0.497 e. The number of aromatic nitrogens is 3. The predicted molar refractivity (Wildman–Crippen MR) is 122 cm³/mol. The van der Waals surface area contributed by atoms with Gasteiger partial charge in [0.15, 0.2) is 5.69 Å². The van der Waals surface area contributed by atoms with Crippen molar-refractivity contribution in [2.75, 3.05) is 23.1 Å². The van der Waals surface area contributed by atoms with Crippen molar-refractivity contribution in [2.45, 2.75) is 13.8 Å². The van der Waals surface area contributed by atoms with Gasteiger partial charge in [-0.15, -0.1) is 0 Å². The van der Waals surface area contributed by atoms with Gasteiger partial charge in [0.2, 0.25) is 5.95 Å². The molecule has 2 aromatic carbocycles. The lowest BCUT2D eigenvalue weighted by Crippen LogP contribution is -2.12. The van der Waals surface area contributed by atoms with E-state index in [0.29, 0.717) is 23.2 Å². The van der Waals surface area contributed by atoms with Gasteiger partial charge < -0.3 is 25.2 Å². The van der Waals surface area contributed by atoms with Crippen LogP contribution in [0.15, 0.2) is 65.2 Å². The second-order valence-corrected chi connectivity index (χ2v) is 7.05. The molecule has 0 fully saturated rings. The zero-order valence-corrected chi connectivity index (χ0v) is 17.8. The lowest BCUT2D eigenvalue weighted by atomic mass is 10.2. The van der Waals surface area contributed by atoms with E-state index in [4.69, 9.17) is 9.26 Å². The molecule has 162 valence electrons. The fraction of sp³-hybridized carbons (Fsp3) is 0.130. The largest absolute Gasteiger partial charge is 0.497 e.